The van der Waals surface area contributed by atoms with Crippen LogP contribution in [-0.4, -0.2) is 52.4 Å². The summed E-state index contributed by atoms with van der Waals surface area (Å²) < 4.78 is 14.0. The van der Waals surface area contributed by atoms with E-state index in [9.17, 15) is 14.0 Å². The largest absolute Gasteiger partial charge is 0.350 e. The van der Waals surface area contributed by atoms with Gasteiger partial charge in [0.15, 0.2) is 0 Å². The molecule has 1 aromatic carbocycles. The van der Waals surface area contributed by atoms with E-state index in [1.54, 1.807) is 38.4 Å². The third kappa shape index (κ3) is 6.19. The fourth-order valence-electron chi connectivity index (χ4n) is 5.23. The molecule has 2 amide bonds. The second-order valence-electron chi connectivity index (χ2n) is 9.83. The molecule has 1 aliphatic carbocycles. The highest BCUT2D eigenvalue weighted by Crippen LogP contribution is 2.34. The van der Waals surface area contributed by atoms with E-state index in [1.165, 1.54) is 12.5 Å². The first-order valence-electron chi connectivity index (χ1n) is 13.1. The topological polar surface area (TPSA) is 99.3 Å². The van der Waals surface area contributed by atoms with E-state index < -0.39 is 6.04 Å². The molecule has 4 rings (SSSR count). The molecule has 0 unspecified atom stereocenters. The molecule has 36 heavy (non-hydrogen) atoms. The molecule has 0 spiro atoms. The normalized spacial score (nSPS) is 20.1. The monoisotopic (exact) mass is 496 g/mol. The highest BCUT2D eigenvalue weighted by atomic mass is 19.1. The van der Waals surface area contributed by atoms with Gasteiger partial charge in [0.25, 0.3) is 0 Å². The molecule has 1 aliphatic heterocycles. The van der Waals surface area contributed by atoms with E-state index >= 15 is 0 Å². The number of benzene rings is 1. The summed E-state index contributed by atoms with van der Waals surface area (Å²) >= 11 is 0. The van der Waals surface area contributed by atoms with Crippen molar-refractivity contribution in [1.82, 2.24) is 25.5 Å². The molecule has 2 fully saturated rings. The number of nitrogens with one attached hydrogen (secondary N) is 3. The number of hydrogen-bond acceptors (Lipinski definition) is 6. The van der Waals surface area contributed by atoms with E-state index in [4.69, 9.17) is 0 Å². The van der Waals surface area contributed by atoms with Crippen molar-refractivity contribution in [2.24, 2.45) is 5.92 Å². The smallest absolute Gasteiger partial charge is 0.246 e. The molecule has 1 aromatic heterocycles. The number of carbonyl (C=O) groups is 2. The Morgan fingerprint density at radius 3 is 2.64 bits per heavy atom. The van der Waals surface area contributed by atoms with Gasteiger partial charge < -0.3 is 20.9 Å². The van der Waals surface area contributed by atoms with E-state index in [2.05, 4.69) is 25.9 Å². The quantitative estimate of drug-likeness (QED) is 0.491. The average Bonchev–Trinajstić information content (AvgIpc) is 3.41. The number of rotatable bonds is 9. The van der Waals surface area contributed by atoms with E-state index in [0.29, 0.717) is 18.1 Å². The molecule has 0 bridgehead atoms. The van der Waals surface area contributed by atoms with Crippen LogP contribution in [0.2, 0.25) is 0 Å². The minimum absolute atomic E-state index is 0.0273. The predicted octanol–water partition coefficient (Wildman–Crippen LogP) is 3.56. The number of halogens is 1. The Labute approximate surface area is 212 Å². The van der Waals surface area contributed by atoms with Gasteiger partial charge in [0.05, 0.1) is 17.8 Å². The van der Waals surface area contributed by atoms with Crippen molar-refractivity contribution >= 4 is 17.8 Å². The van der Waals surface area contributed by atoms with Gasteiger partial charge in [0, 0.05) is 24.8 Å². The lowest BCUT2D eigenvalue weighted by Crippen LogP contribution is -2.55. The van der Waals surface area contributed by atoms with Crippen molar-refractivity contribution in [1.29, 1.82) is 0 Å². The standard InChI is InChI=1S/C27H37FN6O2/c1-18(29-2)25(35)33-24(19-9-4-3-5-10-19)26(36)34-16-8-13-23(34)22-14-15-30-27(32-22)31-17-20-11-6-7-12-21(20)28/h6-7,11-12,14-15,18-19,23-24,29H,3-5,8-10,13,16-17H2,1-2H3,(H,33,35)(H,30,31,32)/t18-,23-,24-/m0/s1. The Morgan fingerprint density at radius 2 is 1.89 bits per heavy atom. The Kier molecular flexibility index (Phi) is 8.85. The Balaban J connectivity index is 1.50. The van der Waals surface area contributed by atoms with E-state index in [0.717, 1.165) is 44.2 Å². The third-order valence-electron chi connectivity index (χ3n) is 7.46. The van der Waals surface area contributed by atoms with Crippen LogP contribution in [0.1, 0.15) is 69.2 Å². The molecular weight excluding hydrogens is 459 g/mol. The molecule has 2 aromatic rings. The zero-order valence-electron chi connectivity index (χ0n) is 21.2. The Hall–Kier alpha value is -3.07. The van der Waals surface area contributed by atoms with Crippen LogP contribution in [0.3, 0.4) is 0 Å². The van der Waals surface area contributed by atoms with Gasteiger partial charge in [-0.25, -0.2) is 14.4 Å². The molecule has 3 atom stereocenters. The van der Waals surface area contributed by atoms with Crippen molar-refractivity contribution < 1.29 is 14.0 Å². The molecular formula is C27H37FN6O2. The molecule has 1 saturated carbocycles. The Morgan fingerprint density at radius 1 is 1.11 bits per heavy atom. The molecule has 3 N–H and O–H groups in total. The van der Waals surface area contributed by atoms with Gasteiger partial charge in [-0.05, 0) is 57.7 Å². The van der Waals surface area contributed by atoms with Gasteiger partial charge in [-0.3, -0.25) is 9.59 Å². The highest BCUT2D eigenvalue weighted by molar-refractivity contribution is 5.90. The number of carbonyl (C=O) groups excluding carboxylic acids is 2. The van der Waals surface area contributed by atoms with Gasteiger partial charge in [-0.2, -0.15) is 0 Å². The lowest BCUT2D eigenvalue weighted by molar-refractivity contribution is -0.139. The van der Waals surface area contributed by atoms with Crippen LogP contribution in [0.15, 0.2) is 36.5 Å². The van der Waals surface area contributed by atoms with Gasteiger partial charge in [0.2, 0.25) is 17.8 Å². The maximum Gasteiger partial charge on any atom is 0.246 e. The van der Waals surface area contributed by atoms with Gasteiger partial charge >= 0.3 is 0 Å². The zero-order chi connectivity index (χ0) is 25.5. The van der Waals surface area contributed by atoms with E-state index in [1.807, 2.05) is 11.0 Å². The molecule has 1 saturated heterocycles. The first kappa shape index (κ1) is 26.0. The summed E-state index contributed by atoms with van der Waals surface area (Å²) in [6, 6.07) is 7.34. The fraction of sp³-hybridized carbons (Fsp3) is 0.556. The number of likely N-dealkylation sites (N-methyl/N-ethyl adjacent to an activating group) is 1. The first-order chi connectivity index (χ1) is 17.5. The summed E-state index contributed by atoms with van der Waals surface area (Å²) in [5.74, 6) is 0.0791. The minimum atomic E-state index is -0.533. The summed E-state index contributed by atoms with van der Waals surface area (Å²) in [5, 5.41) is 9.13. The van der Waals surface area contributed by atoms with Crippen LogP contribution in [0.4, 0.5) is 10.3 Å². The van der Waals surface area contributed by atoms with Crippen molar-refractivity contribution in [3.63, 3.8) is 0 Å². The van der Waals surface area contributed by atoms with Gasteiger partial charge in [0.1, 0.15) is 11.9 Å². The zero-order valence-corrected chi connectivity index (χ0v) is 21.2. The minimum Gasteiger partial charge on any atom is -0.350 e. The van der Waals surface area contributed by atoms with Crippen molar-refractivity contribution in [3.05, 3.63) is 53.6 Å². The first-order valence-corrected chi connectivity index (χ1v) is 13.1. The molecule has 9 heteroatoms. The summed E-state index contributed by atoms with van der Waals surface area (Å²) in [6.07, 6.45) is 8.57. The fourth-order valence-corrected chi connectivity index (χ4v) is 5.23. The number of anilines is 1. The molecule has 2 aliphatic rings. The van der Waals surface area contributed by atoms with Crippen LogP contribution in [0.25, 0.3) is 0 Å². The maximum atomic E-state index is 14.0. The number of likely N-dealkylation sites (tertiary alicyclic amines) is 1. The molecule has 8 nitrogen and oxygen atoms in total. The molecule has 2 heterocycles. The van der Waals surface area contributed by atoms with Crippen molar-refractivity contribution in [2.75, 3.05) is 18.9 Å². The van der Waals surface area contributed by atoms with Crippen LogP contribution < -0.4 is 16.0 Å². The number of amides is 2. The summed E-state index contributed by atoms with van der Waals surface area (Å²) in [7, 11) is 1.74. The van der Waals surface area contributed by atoms with Crippen LogP contribution in [0.5, 0.6) is 0 Å². The van der Waals surface area contributed by atoms with Crippen molar-refractivity contribution in [3.8, 4) is 0 Å². The lowest BCUT2D eigenvalue weighted by atomic mass is 9.83. The SMILES string of the molecule is CN[C@@H](C)C(=O)N[C@H](C(=O)N1CCC[C@H]1c1ccnc(NCc2ccccc2F)n1)C1CCCCC1. The summed E-state index contributed by atoms with van der Waals surface area (Å²) in [4.78, 5) is 37.5. The average molecular weight is 497 g/mol. The predicted molar refractivity (Wildman–Crippen MR) is 136 cm³/mol. The van der Waals surface area contributed by atoms with Crippen LogP contribution in [-0.2, 0) is 16.1 Å². The van der Waals surface area contributed by atoms with Crippen LogP contribution in [0, 0.1) is 11.7 Å². The van der Waals surface area contributed by atoms with E-state index in [-0.39, 0.29) is 42.2 Å². The Bertz CT molecular complexity index is 1040. The highest BCUT2D eigenvalue weighted by Gasteiger charge is 2.39. The number of hydrogen-bond donors (Lipinski definition) is 3. The van der Waals surface area contributed by atoms with Gasteiger partial charge in [-0.1, -0.05) is 37.5 Å². The van der Waals surface area contributed by atoms with Gasteiger partial charge in [-0.15, -0.1) is 0 Å². The maximum absolute atomic E-state index is 14.0. The second-order valence-corrected chi connectivity index (χ2v) is 9.83. The number of nitrogens with zero attached hydrogens (tertiary/aromatic N) is 3. The molecule has 194 valence electrons. The summed E-state index contributed by atoms with van der Waals surface area (Å²) in [6.45, 7) is 2.70. The van der Waals surface area contributed by atoms with Crippen molar-refractivity contribution in [2.45, 2.75) is 76.5 Å². The molecule has 0 radical (unpaired) electrons. The second kappa shape index (κ2) is 12.3. The third-order valence-corrected chi connectivity index (χ3v) is 7.46. The number of aromatic nitrogens is 2. The summed E-state index contributed by atoms with van der Waals surface area (Å²) in [5.41, 5.74) is 1.29. The van der Waals surface area contributed by atoms with Crippen LogP contribution >= 0.6 is 0 Å². The lowest BCUT2D eigenvalue weighted by Gasteiger charge is -2.35.